The highest BCUT2D eigenvalue weighted by Crippen LogP contribution is 2.30. The SMILES string of the molecule is O=S(=O)(Nc1ccccc1F)c1ccc(Cl)c2ccccc12. The molecule has 0 saturated carbocycles. The van der Waals surface area contributed by atoms with E-state index in [1.165, 1.54) is 30.3 Å². The van der Waals surface area contributed by atoms with Gasteiger partial charge < -0.3 is 0 Å². The molecule has 0 fully saturated rings. The second-order valence-electron chi connectivity index (χ2n) is 4.68. The van der Waals surface area contributed by atoms with Gasteiger partial charge in [-0.3, -0.25) is 4.72 Å². The van der Waals surface area contributed by atoms with Crippen LogP contribution in [0.4, 0.5) is 10.1 Å². The number of rotatable bonds is 3. The first-order valence-electron chi connectivity index (χ1n) is 6.43. The predicted octanol–water partition coefficient (Wildman–Crippen LogP) is 4.43. The van der Waals surface area contributed by atoms with Gasteiger partial charge in [-0.25, -0.2) is 12.8 Å². The molecule has 3 rings (SSSR count). The van der Waals surface area contributed by atoms with Crippen molar-refractivity contribution in [1.82, 2.24) is 0 Å². The first kappa shape index (κ1) is 14.8. The Labute approximate surface area is 132 Å². The number of halogens is 2. The number of hydrogen-bond donors (Lipinski definition) is 1. The van der Waals surface area contributed by atoms with E-state index in [4.69, 9.17) is 11.6 Å². The van der Waals surface area contributed by atoms with Crippen molar-refractivity contribution >= 4 is 38.1 Å². The van der Waals surface area contributed by atoms with Crippen molar-refractivity contribution in [3.63, 3.8) is 0 Å². The van der Waals surface area contributed by atoms with E-state index in [9.17, 15) is 12.8 Å². The van der Waals surface area contributed by atoms with Gasteiger partial charge in [-0.05, 0) is 24.3 Å². The molecule has 0 heterocycles. The summed E-state index contributed by atoms with van der Waals surface area (Å²) in [5.41, 5.74) is -0.0958. The number of hydrogen-bond acceptors (Lipinski definition) is 2. The van der Waals surface area contributed by atoms with Gasteiger partial charge in [-0.1, -0.05) is 48.0 Å². The zero-order valence-electron chi connectivity index (χ0n) is 11.3. The molecule has 0 aliphatic rings. The minimum Gasteiger partial charge on any atom is -0.277 e. The minimum atomic E-state index is -3.93. The standard InChI is InChI=1S/C16H11ClFNO2S/c17-13-9-10-16(12-6-2-1-5-11(12)13)22(20,21)19-15-8-4-3-7-14(15)18/h1-10,19H. The van der Waals surface area contributed by atoms with Gasteiger partial charge in [0.15, 0.2) is 0 Å². The molecular formula is C16H11ClFNO2S. The molecule has 1 N–H and O–H groups in total. The van der Waals surface area contributed by atoms with Gasteiger partial charge >= 0.3 is 0 Å². The normalized spacial score (nSPS) is 11.5. The molecule has 0 spiro atoms. The lowest BCUT2D eigenvalue weighted by Gasteiger charge is -2.11. The molecule has 0 atom stereocenters. The Balaban J connectivity index is 2.14. The summed E-state index contributed by atoms with van der Waals surface area (Å²) in [5.74, 6) is -0.635. The van der Waals surface area contributed by atoms with Crippen LogP contribution in [0.15, 0.2) is 65.6 Å². The highest BCUT2D eigenvalue weighted by molar-refractivity contribution is 7.93. The minimum absolute atomic E-state index is 0.0516. The molecule has 3 nitrogen and oxygen atoms in total. The van der Waals surface area contributed by atoms with E-state index in [1.807, 2.05) is 0 Å². The van der Waals surface area contributed by atoms with Gasteiger partial charge in [0.2, 0.25) is 0 Å². The Kier molecular flexibility index (Phi) is 3.76. The van der Waals surface area contributed by atoms with Crippen LogP contribution in [0.5, 0.6) is 0 Å². The zero-order chi connectivity index (χ0) is 15.7. The highest BCUT2D eigenvalue weighted by atomic mass is 35.5. The molecular weight excluding hydrogens is 325 g/mol. The molecule has 0 amide bonds. The molecule has 0 saturated heterocycles. The molecule has 22 heavy (non-hydrogen) atoms. The van der Waals surface area contributed by atoms with E-state index in [0.29, 0.717) is 15.8 Å². The molecule has 0 aromatic heterocycles. The van der Waals surface area contributed by atoms with Crippen molar-refractivity contribution in [3.05, 3.63) is 71.5 Å². The summed E-state index contributed by atoms with van der Waals surface area (Å²) >= 11 is 6.09. The smallest absolute Gasteiger partial charge is 0.262 e. The van der Waals surface area contributed by atoms with Crippen molar-refractivity contribution in [1.29, 1.82) is 0 Å². The summed E-state index contributed by atoms with van der Waals surface area (Å²) in [7, 11) is -3.93. The molecule has 112 valence electrons. The Morgan fingerprint density at radius 1 is 0.864 bits per heavy atom. The van der Waals surface area contributed by atoms with E-state index >= 15 is 0 Å². The van der Waals surface area contributed by atoms with Crippen LogP contribution in [0, 0.1) is 5.82 Å². The fraction of sp³-hybridized carbons (Fsp3) is 0. The van der Waals surface area contributed by atoms with Gasteiger partial charge in [0.05, 0.1) is 10.6 Å². The first-order valence-corrected chi connectivity index (χ1v) is 8.30. The molecule has 0 aliphatic heterocycles. The van der Waals surface area contributed by atoms with Crippen molar-refractivity contribution < 1.29 is 12.8 Å². The Morgan fingerprint density at radius 2 is 1.50 bits per heavy atom. The van der Waals surface area contributed by atoms with E-state index < -0.39 is 15.8 Å². The van der Waals surface area contributed by atoms with Crippen LogP contribution in [-0.2, 0) is 10.0 Å². The molecule has 3 aromatic carbocycles. The van der Waals surface area contributed by atoms with Crippen LogP contribution in [0.2, 0.25) is 5.02 Å². The van der Waals surface area contributed by atoms with Crippen LogP contribution in [0.3, 0.4) is 0 Å². The van der Waals surface area contributed by atoms with Gasteiger partial charge in [-0.15, -0.1) is 0 Å². The Bertz CT molecular complexity index is 957. The zero-order valence-corrected chi connectivity index (χ0v) is 12.8. The predicted molar refractivity (Wildman–Crippen MR) is 86.2 cm³/mol. The topological polar surface area (TPSA) is 46.2 Å². The van der Waals surface area contributed by atoms with Crippen LogP contribution < -0.4 is 4.72 Å². The summed E-state index contributed by atoms with van der Waals surface area (Å²) in [5, 5.41) is 1.57. The maximum atomic E-state index is 13.7. The summed E-state index contributed by atoms with van der Waals surface area (Å²) < 4.78 is 41.1. The average molecular weight is 336 g/mol. The number of fused-ring (bicyclic) bond motifs is 1. The second kappa shape index (κ2) is 5.59. The highest BCUT2D eigenvalue weighted by Gasteiger charge is 2.19. The maximum Gasteiger partial charge on any atom is 0.262 e. The van der Waals surface area contributed by atoms with Crippen molar-refractivity contribution in [2.75, 3.05) is 4.72 Å². The molecule has 0 bridgehead atoms. The van der Waals surface area contributed by atoms with Gasteiger partial charge in [0, 0.05) is 15.8 Å². The van der Waals surface area contributed by atoms with Crippen LogP contribution in [0.1, 0.15) is 0 Å². The van der Waals surface area contributed by atoms with Gasteiger partial charge in [-0.2, -0.15) is 0 Å². The van der Waals surface area contributed by atoms with Crippen LogP contribution in [-0.4, -0.2) is 8.42 Å². The monoisotopic (exact) mass is 335 g/mol. The third-order valence-corrected chi connectivity index (χ3v) is 4.99. The molecule has 3 aromatic rings. The Morgan fingerprint density at radius 3 is 2.23 bits per heavy atom. The molecule has 0 aliphatic carbocycles. The van der Waals surface area contributed by atoms with Gasteiger partial charge in [0.25, 0.3) is 10.0 Å². The third kappa shape index (κ3) is 2.65. The van der Waals surface area contributed by atoms with E-state index in [-0.39, 0.29) is 10.6 Å². The number of benzene rings is 3. The number of nitrogens with one attached hydrogen (secondary N) is 1. The summed E-state index contributed by atoms with van der Waals surface area (Å²) in [6.07, 6.45) is 0. The summed E-state index contributed by atoms with van der Waals surface area (Å²) in [6, 6.07) is 15.4. The number of sulfonamides is 1. The average Bonchev–Trinajstić information content (AvgIpc) is 2.50. The molecule has 0 radical (unpaired) electrons. The lowest BCUT2D eigenvalue weighted by molar-refractivity contribution is 0.599. The largest absolute Gasteiger partial charge is 0.277 e. The summed E-state index contributed by atoms with van der Waals surface area (Å²) in [4.78, 5) is 0.0516. The molecule has 6 heteroatoms. The van der Waals surface area contributed by atoms with E-state index in [1.54, 1.807) is 30.3 Å². The van der Waals surface area contributed by atoms with Crippen LogP contribution in [0.25, 0.3) is 10.8 Å². The van der Waals surface area contributed by atoms with Crippen molar-refractivity contribution in [2.45, 2.75) is 4.90 Å². The quantitative estimate of drug-likeness (QED) is 0.769. The Hall–Kier alpha value is -2.11. The lowest BCUT2D eigenvalue weighted by Crippen LogP contribution is -2.14. The molecule has 0 unspecified atom stereocenters. The second-order valence-corrected chi connectivity index (χ2v) is 6.73. The van der Waals surface area contributed by atoms with Gasteiger partial charge in [0.1, 0.15) is 5.82 Å². The van der Waals surface area contributed by atoms with Crippen LogP contribution >= 0.6 is 11.6 Å². The third-order valence-electron chi connectivity index (χ3n) is 3.24. The maximum absolute atomic E-state index is 13.7. The number of anilines is 1. The summed E-state index contributed by atoms with van der Waals surface area (Å²) in [6.45, 7) is 0. The van der Waals surface area contributed by atoms with E-state index in [2.05, 4.69) is 4.72 Å². The fourth-order valence-electron chi connectivity index (χ4n) is 2.21. The lowest BCUT2D eigenvalue weighted by atomic mass is 10.1. The fourth-order valence-corrected chi connectivity index (χ4v) is 3.72. The van der Waals surface area contributed by atoms with Crippen molar-refractivity contribution in [3.8, 4) is 0 Å². The first-order chi connectivity index (χ1) is 10.5. The van der Waals surface area contributed by atoms with E-state index in [0.717, 1.165) is 0 Å². The van der Waals surface area contributed by atoms with Crippen molar-refractivity contribution in [2.24, 2.45) is 0 Å². The number of para-hydroxylation sites is 1.